The minimum atomic E-state index is 0.0336. The Morgan fingerprint density at radius 1 is 1.00 bits per heavy atom. The summed E-state index contributed by atoms with van der Waals surface area (Å²) in [5, 5.41) is 3.85. The lowest BCUT2D eigenvalue weighted by molar-refractivity contribution is -0.132. The molecule has 2 heterocycles. The number of hydrogen-bond donors (Lipinski definition) is 1. The van der Waals surface area contributed by atoms with Gasteiger partial charge in [0.2, 0.25) is 5.91 Å². The summed E-state index contributed by atoms with van der Waals surface area (Å²) < 4.78 is 0. The van der Waals surface area contributed by atoms with Gasteiger partial charge in [-0.25, -0.2) is 0 Å². The first-order chi connectivity index (χ1) is 12.6. The van der Waals surface area contributed by atoms with Crippen LogP contribution in [-0.2, 0) is 4.79 Å². The first-order valence-electron chi connectivity index (χ1n) is 9.39. The number of rotatable bonds is 4. The predicted molar refractivity (Wildman–Crippen MR) is 102 cm³/mol. The van der Waals surface area contributed by atoms with Gasteiger partial charge in [0.15, 0.2) is 0 Å². The van der Waals surface area contributed by atoms with Gasteiger partial charge in [0.25, 0.3) is 5.91 Å². The highest BCUT2D eigenvalue weighted by Gasteiger charge is 2.22. The third-order valence-corrected chi connectivity index (χ3v) is 5.29. The van der Waals surface area contributed by atoms with Gasteiger partial charge in [-0.3, -0.25) is 9.59 Å². The number of halogens is 1. The molecule has 0 atom stereocenters. The standard InChI is InChI=1S/C19H27ClN4O2/c20-17-4-1-3-16(15-17)19(26)24-9-2-8-22(13-14-24)10-5-18(25)23-11-6-21-7-12-23/h1,3-4,15,21H,2,5-14H2. The van der Waals surface area contributed by atoms with E-state index in [0.29, 0.717) is 23.6 Å². The fraction of sp³-hybridized carbons (Fsp3) is 0.579. The van der Waals surface area contributed by atoms with Gasteiger partial charge in [0.05, 0.1) is 0 Å². The SMILES string of the molecule is O=C(CCN1CCCN(C(=O)c2cccc(Cl)c2)CC1)N1CCNCC1. The summed E-state index contributed by atoms with van der Waals surface area (Å²) in [7, 11) is 0. The Bertz CT molecular complexity index is 634. The fourth-order valence-electron chi connectivity index (χ4n) is 3.53. The second-order valence-corrected chi connectivity index (χ2v) is 7.31. The van der Waals surface area contributed by atoms with Crippen molar-refractivity contribution < 1.29 is 9.59 Å². The van der Waals surface area contributed by atoms with E-state index in [-0.39, 0.29) is 11.8 Å². The number of hydrogen-bond acceptors (Lipinski definition) is 4. The molecule has 1 N–H and O–H groups in total. The molecule has 6 nitrogen and oxygen atoms in total. The largest absolute Gasteiger partial charge is 0.340 e. The smallest absolute Gasteiger partial charge is 0.253 e. The number of nitrogens with zero attached hydrogens (tertiary/aromatic N) is 3. The number of carbonyl (C=O) groups excluding carboxylic acids is 2. The number of nitrogens with one attached hydrogen (secondary N) is 1. The van der Waals surface area contributed by atoms with Crippen molar-refractivity contribution >= 4 is 23.4 Å². The van der Waals surface area contributed by atoms with Gasteiger partial charge >= 0.3 is 0 Å². The molecule has 0 spiro atoms. The van der Waals surface area contributed by atoms with Crippen LogP contribution in [-0.4, -0.2) is 85.4 Å². The van der Waals surface area contributed by atoms with Crippen LogP contribution in [0.3, 0.4) is 0 Å². The van der Waals surface area contributed by atoms with E-state index in [4.69, 9.17) is 11.6 Å². The number of amides is 2. The van der Waals surface area contributed by atoms with Crippen LogP contribution in [0.1, 0.15) is 23.2 Å². The average molecular weight is 379 g/mol. The average Bonchev–Trinajstić information content (AvgIpc) is 2.92. The van der Waals surface area contributed by atoms with Crippen LogP contribution in [0.4, 0.5) is 0 Å². The van der Waals surface area contributed by atoms with Crippen LogP contribution < -0.4 is 5.32 Å². The van der Waals surface area contributed by atoms with Crippen LogP contribution in [0.25, 0.3) is 0 Å². The van der Waals surface area contributed by atoms with E-state index in [1.165, 1.54) is 0 Å². The lowest BCUT2D eigenvalue weighted by Gasteiger charge is -2.28. The molecule has 0 aliphatic carbocycles. The van der Waals surface area contributed by atoms with Crippen LogP contribution in [0.2, 0.25) is 5.02 Å². The molecular formula is C19H27ClN4O2. The molecule has 0 unspecified atom stereocenters. The van der Waals surface area contributed by atoms with Crippen molar-refractivity contribution in [2.75, 3.05) is 58.9 Å². The molecule has 2 fully saturated rings. The minimum Gasteiger partial charge on any atom is -0.340 e. The molecule has 2 saturated heterocycles. The van der Waals surface area contributed by atoms with Crippen LogP contribution >= 0.6 is 11.6 Å². The molecule has 26 heavy (non-hydrogen) atoms. The summed E-state index contributed by atoms with van der Waals surface area (Å²) in [6.45, 7) is 7.31. The summed E-state index contributed by atoms with van der Waals surface area (Å²) in [6, 6.07) is 7.11. The third kappa shape index (κ3) is 5.19. The highest BCUT2D eigenvalue weighted by Crippen LogP contribution is 2.14. The second-order valence-electron chi connectivity index (χ2n) is 6.88. The van der Waals surface area contributed by atoms with E-state index in [1.54, 1.807) is 18.2 Å². The monoisotopic (exact) mass is 378 g/mol. The van der Waals surface area contributed by atoms with Crippen molar-refractivity contribution in [2.24, 2.45) is 0 Å². The van der Waals surface area contributed by atoms with Crippen molar-refractivity contribution in [3.05, 3.63) is 34.9 Å². The maximum Gasteiger partial charge on any atom is 0.253 e. The van der Waals surface area contributed by atoms with E-state index in [9.17, 15) is 9.59 Å². The minimum absolute atomic E-state index is 0.0336. The maximum atomic E-state index is 12.7. The normalized spacial score (nSPS) is 19.3. The molecule has 142 valence electrons. The van der Waals surface area contributed by atoms with Crippen molar-refractivity contribution in [1.29, 1.82) is 0 Å². The quantitative estimate of drug-likeness (QED) is 0.858. The van der Waals surface area contributed by atoms with Gasteiger partial charge in [0.1, 0.15) is 0 Å². The van der Waals surface area contributed by atoms with Crippen molar-refractivity contribution in [3.8, 4) is 0 Å². The number of piperazine rings is 1. The Labute approximate surface area is 160 Å². The van der Waals surface area contributed by atoms with E-state index < -0.39 is 0 Å². The zero-order valence-corrected chi connectivity index (χ0v) is 15.9. The van der Waals surface area contributed by atoms with Gasteiger partial charge in [-0.05, 0) is 31.2 Å². The van der Waals surface area contributed by atoms with E-state index in [1.807, 2.05) is 15.9 Å². The summed E-state index contributed by atoms with van der Waals surface area (Å²) in [5.41, 5.74) is 0.639. The molecular weight excluding hydrogens is 352 g/mol. The predicted octanol–water partition coefficient (Wildman–Crippen LogP) is 1.31. The van der Waals surface area contributed by atoms with Gasteiger partial charge in [-0.15, -0.1) is 0 Å². The van der Waals surface area contributed by atoms with Crippen molar-refractivity contribution in [1.82, 2.24) is 20.0 Å². The first kappa shape index (κ1) is 19.1. The topological polar surface area (TPSA) is 55.9 Å². The molecule has 0 saturated carbocycles. The van der Waals surface area contributed by atoms with E-state index in [0.717, 1.165) is 58.8 Å². The molecule has 7 heteroatoms. The van der Waals surface area contributed by atoms with Gasteiger partial charge < -0.3 is 20.0 Å². The zero-order chi connectivity index (χ0) is 18.4. The molecule has 0 aromatic heterocycles. The van der Waals surface area contributed by atoms with Crippen molar-refractivity contribution in [3.63, 3.8) is 0 Å². The summed E-state index contributed by atoms with van der Waals surface area (Å²) in [6.07, 6.45) is 1.48. The summed E-state index contributed by atoms with van der Waals surface area (Å²) in [4.78, 5) is 31.1. The molecule has 1 aromatic rings. The molecule has 2 aliphatic heterocycles. The molecule has 2 amide bonds. The van der Waals surface area contributed by atoms with Crippen LogP contribution in [0.5, 0.6) is 0 Å². The summed E-state index contributed by atoms with van der Waals surface area (Å²) >= 11 is 6.00. The Hall–Kier alpha value is -1.63. The lowest BCUT2D eigenvalue weighted by Crippen LogP contribution is -2.47. The van der Waals surface area contributed by atoms with Gasteiger partial charge in [-0.2, -0.15) is 0 Å². The fourth-order valence-corrected chi connectivity index (χ4v) is 3.72. The summed E-state index contributed by atoms with van der Waals surface area (Å²) in [5.74, 6) is 0.272. The highest BCUT2D eigenvalue weighted by molar-refractivity contribution is 6.30. The van der Waals surface area contributed by atoms with Gasteiger partial charge in [-0.1, -0.05) is 17.7 Å². The number of benzene rings is 1. The molecule has 3 rings (SSSR count). The zero-order valence-electron chi connectivity index (χ0n) is 15.1. The molecule has 0 bridgehead atoms. The van der Waals surface area contributed by atoms with Gasteiger partial charge in [0, 0.05) is 69.4 Å². The molecule has 0 radical (unpaired) electrons. The molecule has 2 aliphatic rings. The lowest BCUT2D eigenvalue weighted by atomic mass is 10.2. The third-order valence-electron chi connectivity index (χ3n) is 5.06. The maximum absolute atomic E-state index is 12.7. The van der Waals surface area contributed by atoms with E-state index >= 15 is 0 Å². The van der Waals surface area contributed by atoms with E-state index in [2.05, 4.69) is 10.2 Å². The van der Waals surface area contributed by atoms with Crippen molar-refractivity contribution in [2.45, 2.75) is 12.8 Å². The Morgan fingerprint density at radius 3 is 2.58 bits per heavy atom. The van der Waals surface area contributed by atoms with Crippen LogP contribution in [0, 0.1) is 0 Å². The Morgan fingerprint density at radius 2 is 1.81 bits per heavy atom. The second kappa shape index (κ2) is 9.35. The Balaban J connectivity index is 1.47. The molecule has 1 aromatic carbocycles. The Kier molecular flexibility index (Phi) is 6.88. The number of carbonyl (C=O) groups is 2. The highest BCUT2D eigenvalue weighted by atomic mass is 35.5. The van der Waals surface area contributed by atoms with Crippen LogP contribution in [0.15, 0.2) is 24.3 Å². The first-order valence-corrected chi connectivity index (χ1v) is 9.77.